The molecule has 0 radical (unpaired) electrons. The summed E-state index contributed by atoms with van der Waals surface area (Å²) in [6, 6.07) is 12.2. The Morgan fingerprint density at radius 3 is 2.71 bits per heavy atom. The highest BCUT2D eigenvalue weighted by Gasteiger charge is 2.09. The van der Waals surface area contributed by atoms with Gasteiger partial charge in [-0.2, -0.15) is 5.10 Å². The zero-order chi connectivity index (χ0) is 11.8. The van der Waals surface area contributed by atoms with Crippen LogP contribution in [0, 0.1) is 6.92 Å². The summed E-state index contributed by atoms with van der Waals surface area (Å²) >= 11 is 0. The minimum Gasteiger partial charge on any atom is -0.384 e. The molecule has 0 fully saturated rings. The van der Waals surface area contributed by atoms with Gasteiger partial charge < -0.3 is 5.73 Å². The lowest BCUT2D eigenvalue weighted by atomic mass is 10.0. The van der Waals surface area contributed by atoms with Crippen LogP contribution in [-0.4, -0.2) is 15.2 Å². The molecule has 4 heteroatoms. The van der Waals surface area contributed by atoms with E-state index in [0.29, 0.717) is 11.5 Å². The number of nitrogen functional groups attached to an aromatic ring is 1. The average molecular weight is 224 g/mol. The molecule has 3 N–H and O–H groups in total. The van der Waals surface area contributed by atoms with E-state index in [1.807, 2.05) is 31.2 Å². The first kappa shape index (κ1) is 9.84. The van der Waals surface area contributed by atoms with Crippen LogP contribution in [0.3, 0.4) is 0 Å². The van der Waals surface area contributed by atoms with Gasteiger partial charge in [-0.1, -0.05) is 30.3 Å². The molecule has 0 saturated carbocycles. The number of aromatic nitrogens is 3. The first-order valence-corrected chi connectivity index (χ1v) is 5.42. The molecule has 3 aromatic rings. The molecule has 2 aromatic heterocycles. The fourth-order valence-electron chi connectivity index (χ4n) is 1.96. The predicted molar refractivity (Wildman–Crippen MR) is 68.5 cm³/mol. The second-order valence-electron chi connectivity index (χ2n) is 4.00. The lowest BCUT2D eigenvalue weighted by Crippen LogP contribution is -1.90. The number of nitrogens with one attached hydrogen (secondary N) is 1. The van der Waals surface area contributed by atoms with Gasteiger partial charge >= 0.3 is 0 Å². The van der Waals surface area contributed by atoms with Crippen LogP contribution in [0.4, 0.5) is 5.82 Å². The number of benzene rings is 1. The van der Waals surface area contributed by atoms with Crippen molar-refractivity contribution in [2.45, 2.75) is 6.92 Å². The topological polar surface area (TPSA) is 67.6 Å². The monoisotopic (exact) mass is 224 g/mol. The summed E-state index contributed by atoms with van der Waals surface area (Å²) in [6.45, 7) is 1.98. The van der Waals surface area contributed by atoms with Crippen molar-refractivity contribution in [3.8, 4) is 11.1 Å². The van der Waals surface area contributed by atoms with Crippen molar-refractivity contribution in [1.29, 1.82) is 0 Å². The molecule has 0 bridgehead atoms. The van der Waals surface area contributed by atoms with Gasteiger partial charge in [0.15, 0.2) is 5.65 Å². The van der Waals surface area contributed by atoms with E-state index in [9.17, 15) is 0 Å². The fraction of sp³-hybridized carbons (Fsp3) is 0.0769. The van der Waals surface area contributed by atoms with Crippen molar-refractivity contribution in [2.75, 3.05) is 5.73 Å². The number of hydrogen-bond acceptors (Lipinski definition) is 3. The van der Waals surface area contributed by atoms with Crippen LogP contribution in [0.15, 0.2) is 36.4 Å². The Balaban J connectivity index is 2.29. The van der Waals surface area contributed by atoms with Crippen LogP contribution in [0.2, 0.25) is 0 Å². The van der Waals surface area contributed by atoms with Crippen LogP contribution >= 0.6 is 0 Å². The summed E-state index contributed by atoms with van der Waals surface area (Å²) in [5.74, 6) is 0.560. The van der Waals surface area contributed by atoms with Crippen LogP contribution in [0.1, 0.15) is 5.69 Å². The third kappa shape index (κ3) is 1.54. The molecule has 84 valence electrons. The van der Waals surface area contributed by atoms with E-state index in [1.54, 1.807) is 0 Å². The van der Waals surface area contributed by atoms with E-state index in [2.05, 4.69) is 27.3 Å². The molecule has 0 atom stereocenters. The predicted octanol–water partition coefficient (Wildman–Crippen LogP) is 2.52. The molecule has 0 unspecified atom stereocenters. The summed E-state index contributed by atoms with van der Waals surface area (Å²) in [7, 11) is 0. The van der Waals surface area contributed by atoms with Gasteiger partial charge in [-0.25, -0.2) is 4.98 Å². The van der Waals surface area contributed by atoms with E-state index >= 15 is 0 Å². The fourth-order valence-corrected chi connectivity index (χ4v) is 1.96. The molecule has 4 nitrogen and oxygen atoms in total. The van der Waals surface area contributed by atoms with E-state index < -0.39 is 0 Å². The normalized spacial score (nSPS) is 10.9. The number of aryl methyl sites for hydroxylation is 1. The van der Waals surface area contributed by atoms with Gasteiger partial charge in [0, 0.05) is 11.3 Å². The van der Waals surface area contributed by atoms with Gasteiger partial charge in [0.2, 0.25) is 0 Å². The zero-order valence-corrected chi connectivity index (χ0v) is 9.44. The molecule has 2 heterocycles. The molecule has 0 amide bonds. The Labute approximate surface area is 98.5 Å². The Morgan fingerprint density at radius 1 is 1.18 bits per heavy atom. The summed E-state index contributed by atoms with van der Waals surface area (Å²) < 4.78 is 0. The van der Waals surface area contributed by atoms with Crippen molar-refractivity contribution in [2.24, 2.45) is 0 Å². The zero-order valence-electron chi connectivity index (χ0n) is 9.44. The second-order valence-corrected chi connectivity index (χ2v) is 4.00. The van der Waals surface area contributed by atoms with Crippen LogP contribution < -0.4 is 5.73 Å². The van der Waals surface area contributed by atoms with E-state index in [-0.39, 0.29) is 0 Å². The Morgan fingerprint density at radius 2 is 1.94 bits per heavy atom. The number of anilines is 1. The quantitative estimate of drug-likeness (QED) is 0.667. The van der Waals surface area contributed by atoms with Gasteiger partial charge in [0.05, 0.1) is 5.39 Å². The molecule has 0 spiro atoms. The number of nitrogens with zero attached hydrogens (tertiary/aromatic N) is 2. The van der Waals surface area contributed by atoms with Crippen LogP contribution in [-0.2, 0) is 0 Å². The number of rotatable bonds is 1. The molecule has 0 aliphatic carbocycles. The second kappa shape index (κ2) is 3.59. The summed E-state index contributed by atoms with van der Waals surface area (Å²) in [6.07, 6.45) is 0. The van der Waals surface area contributed by atoms with Gasteiger partial charge in [0.1, 0.15) is 5.82 Å². The Kier molecular flexibility index (Phi) is 2.08. The summed E-state index contributed by atoms with van der Waals surface area (Å²) in [4.78, 5) is 4.45. The summed E-state index contributed by atoms with van der Waals surface area (Å²) in [5.41, 5.74) is 9.66. The molecular weight excluding hydrogens is 212 g/mol. The number of H-pyrrole nitrogens is 1. The third-order valence-corrected chi connectivity index (χ3v) is 2.85. The number of nitrogens with two attached hydrogens (primary N) is 1. The standard InChI is InChI=1S/C13H12N4/c1-8-10(9-5-3-2-4-6-9)7-11-12(14)16-17-13(11)15-8/h2-7H,1H3,(H3,14,15,16,17). The Bertz CT molecular complexity index is 670. The number of aromatic amines is 1. The summed E-state index contributed by atoms with van der Waals surface area (Å²) in [5, 5.41) is 7.67. The highest BCUT2D eigenvalue weighted by atomic mass is 15.2. The number of hydrogen-bond donors (Lipinski definition) is 2. The van der Waals surface area contributed by atoms with E-state index in [0.717, 1.165) is 22.2 Å². The highest BCUT2D eigenvalue weighted by molar-refractivity contribution is 5.90. The molecule has 3 rings (SSSR count). The maximum absolute atomic E-state index is 5.82. The maximum atomic E-state index is 5.82. The minimum absolute atomic E-state index is 0.560. The maximum Gasteiger partial charge on any atom is 0.183 e. The van der Waals surface area contributed by atoms with Crippen molar-refractivity contribution in [3.63, 3.8) is 0 Å². The largest absolute Gasteiger partial charge is 0.384 e. The minimum atomic E-state index is 0.560. The first-order valence-electron chi connectivity index (χ1n) is 5.42. The van der Waals surface area contributed by atoms with Gasteiger partial charge in [0.25, 0.3) is 0 Å². The molecule has 0 aliphatic rings. The van der Waals surface area contributed by atoms with E-state index in [1.165, 1.54) is 0 Å². The SMILES string of the molecule is Cc1nc2n[nH]c(N)c2cc1-c1ccccc1. The lowest BCUT2D eigenvalue weighted by molar-refractivity contribution is 1.09. The molecule has 1 aromatic carbocycles. The lowest BCUT2D eigenvalue weighted by Gasteiger charge is -2.05. The molecule has 0 aliphatic heterocycles. The van der Waals surface area contributed by atoms with Crippen LogP contribution in [0.25, 0.3) is 22.2 Å². The van der Waals surface area contributed by atoms with Crippen molar-refractivity contribution < 1.29 is 0 Å². The molecule has 17 heavy (non-hydrogen) atoms. The van der Waals surface area contributed by atoms with Gasteiger partial charge in [-0.05, 0) is 18.6 Å². The third-order valence-electron chi connectivity index (χ3n) is 2.85. The van der Waals surface area contributed by atoms with E-state index in [4.69, 9.17) is 5.73 Å². The van der Waals surface area contributed by atoms with Crippen LogP contribution in [0.5, 0.6) is 0 Å². The van der Waals surface area contributed by atoms with Crippen molar-refractivity contribution in [3.05, 3.63) is 42.1 Å². The van der Waals surface area contributed by atoms with Crippen molar-refractivity contribution in [1.82, 2.24) is 15.2 Å². The van der Waals surface area contributed by atoms with Gasteiger partial charge in [-0.15, -0.1) is 0 Å². The molecule has 0 saturated heterocycles. The number of pyridine rings is 1. The first-order chi connectivity index (χ1) is 8.25. The van der Waals surface area contributed by atoms with Crippen molar-refractivity contribution >= 4 is 16.9 Å². The molecular formula is C13H12N4. The number of fused-ring (bicyclic) bond motifs is 1. The Hall–Kier alpha value is -2.36. The smallest absolute Gasteiger partial charge is 0.183 e. The average Bonchev–Trinajstić information content (AvgIpc) is 2.70. The van der Waals surface area contributed by atoms with Gasteiger partial charge in [-0.3, -0.25) is 5.10 Å². The highest BCUT2D eigenvalue weighted by Crippen LogP contribution is 2.27.